The highest BCUT2D eigenvalue weighted by Crippen LogP contribution is 2.36. The van der Waals surface area contributed by atoms with Gasteiger partial charge in [-0.05, 0) is 78.2 Å². The first-order valence-electron chi connectivity index (χ1n) is 14.1. The molecule has 0 radical (unpaired) electrons. The van der Waals surface area contributed by atoms with Crippen molar-refractivity contribution in [1.82, 2.24) is 5.32 Å². The summed E-state index contributed by atoms with van der Waals surface area (Å²) in [5.74, 6) is -0.974. The third kappa shape index (κ3) is 8.33. The van der Waals surface area contributed by atoms with Gasteiger partial charge in [-0.3, -0.25) is 14.4 Å². The summed E-state index contributed by atoms with van der Waals surface area (Å²) in [5.41, 5.74) is 4.56. The zero-order valence-electron chi connectivity index (χ0n) is 24.1. The molecule has 3 N–H and O–H groups in total. The Morgan fingerprint density at radius 1 is 0.659 bits per heavy atom. The van der Waals surface area contributed by atoms with Gasteiger partial charge in [0.15, 0.2) is 0 Å². The molecule has 6 nitrogen and oxygen atoms in total. The van der Waals surface area contributed by atoms with Crippen LogP contribution in [-0.2, 0) is 9.59 Å². The summed E-state index contributed by atoms with van der Waals surface area (Å²) < 4.78 is 0. The molecule has 0 fully saturated rings. The highest BCUT2D eigenvalue weighted by atomic mass is 32.2. The number of nitrogens with one attached hydrogen (secondary N) is 3. The fraction of sp³-hybridized carbons (Fsp3) is 0.0541. The van der Waals surface area contributed by atoms with Gasteiger partial charge >= 0.3 is 0 Å². The zero-order chi connectivity index (χ0) is 30.7. The number of thioether (sulfide) groups is 1. The van der Waals surface area contributed by atoms with E-state index in [9.17, 15) is 14.4 Å². The van der Waals surface area contributed by atoms with Crippen LogP contribution in [0.4, 0.5) is 11.4 Å². The molecule has 218 valence electrons. The number of rotatable bonds is 10. The molecular weight excluding hydrogens is 566 g/mol. The van der Waals surface area contributed by atoms with Crippen LogP contribution in [0.25, 0.3) is 6.08 Å². The van der Waals surface area contributed by atoms with Crippen molar-refractivity contribution >= 4 is 46.9 Å². The van der Waals surface area contributed by atoms with E-state index in [2.05, 4.69) is 16.0 Å². The smallest absolute Gasteiger partial charge is 0.272 e. The van der Waals surface area contributed by atoms with Gasteiger partial charge in [-0.2, -0.15) is 0 Å². The van der Waals surface area contributed by atoms with E-state index in [4.69, 9.17) is 0 Å². The fourth-order valence-corrected chi connectivity index (χ4v) is 5.47. The molecule has 0 aliphatic heterocycles. The fourth-order valence-electron chi connectivity index (χ4n) is 4.44. The second kappa shape index (κ2) is 14.7. The van der Waals surface area contributed by atoms with Crippen LogP contribution in [-0.4, -0.2) is 17.7 Å². The predicted octanol–water partition coefficient (Wildman–Crippen LogP) is 7.88. The van der Waals surface area contributed by atoms with Crippen molar-refractivity contribution in [1.29, 1.82) is 0 Å². The molecule has 0 aromatic heterocycles. The highest BCUT2D eigenvalue weighted by Gasteiger charge is 2.22. The van der Waals surface area contributed by atoms with Gasteiger partial charge < -0.3 is 16.0 Å². The largest absolute Gasteiger partial charge is 0.325 e. The summed E-state index contributed by atoms with van der Waals surface area (Å²) in [6, 6.07) is 42.7. The zero-order valence-corrected chi connectivity index (χ0v) is 24.9. The normalized spacial score (nSPS) is 11.7. The summed E-state index contributed by atoms with van der Waals surface area (Å²) in [6.45, 7) is 1.98. The summed E-state index contributed by atoms with van der Waals surface area (Å²) >= 11 is 1.42. The lowest BCUT2D eigenvalue weighted by Gasteiger charge is -2.18. The number of hydrogen-bond acceptors (Lipinski definition) is 4. The molecule has 0 bridgehead atoms. The second-order valence-corrected chi connectivity index (χ2v) is 11.2. The SMILES string of the molecule is Cc1cccc(NC(=O)C(Sc2ccc(NC(=O)/C(=C/c3ccccc3)NC(=O)c3ccccc3)cc2)c2ccccc2)c1. The maximum absolute atomic E-state index is 13.4. The van der Waals surface area contributed by atoms with Gasteiger partial charge in [0.05, 0.1) is 0 Å². The first-order valence-corrected chi connectivity index (χ1v) is 15.0. The summed E-state index contributed by atoms with van der Waals surface area (Å²) in [5, 5.41) is 8.18. The lowest BCUT2D eigenvalue weighted by Crippen LogP contribution is -2.30. The molecule has 1 unspecified atom stereocenters. The number of aryl methyl sites for hydroxylation is 1. The van der Waals surface area contributed by atoms with Crippen LogP contribution >= 0.6 is 11.8 Å². The number of carbonyl (C=O) groups is 3. The predicted molar refractivity (Wildman–Crippen MR) is 178 cm³/mol. The van der Waals surface area contributed by atoms with Gasteiger partial charge in [-0.15, -0.1) is 11.8 Å². The van der Waals surface area contributed by atoms with E-state index in [0.717, 1.165) is 27.3 Å². The topological polar surface area (TPSA) is 87.3 Å². The average molecular weight is 598 g/mol. The quantitative estimate of drug-likeness (QED) is 0.113. The van der Waals surface area contributed by atoms with Crippen molar-refractivity contribution in [2.75, 3.05) is 10.6 Å². The lowest BCUT2D eigenvalue weighted by molar-refractivity contribution is -0.116. The Hall–Kier alpha value is -5.40. The summed E-state index contributed by atoms with van der Waals surface area (Å²) in [6.07, 6.45) is 1.64. The molecular formula is C37H31N3O3S. The molecule has 0 aliphatic carbocycles. The van der Waals surface area contributed by atoms with Crippen molar-refractivity contribution in [3.8, 4) is 0 Å². The number of benzene rings is 5. The minimum absolute atomic E-state index is 0.112. The molecule has 5 aromatic rings. The minimum atomic E-state index is -0.495. The molecule has 0 saturated carbocycles. The van der Waals surface area contributed by atoms with Gasteiger partial charge in [0.1, 0.15) is 10.9 Å². The molecule has 0 heterocycles. The summed E-state index contributed by atoms with van der Waals surface area (Å²) in [7, 11) is 0. The molecule has 0 aliphatic rings. The first kappa shape index (κ1) is 30.1. The Balaban J connectivity index is 1.31. The number of amides is 3. The molecule has 1 atom stereocenters. The Bertz CT molecular complexity index is 1760. The molecule has 3 amide bonds. The van der Waals surface area contributed by atoms with Crippen LogP contribution in [0, 0.1) is 6.92 Å². The number of carbonyl (C=O) groups excluding carboxylic acids is 3. The van der Waals surface area contributed by atoms with Gasteiger partial charge in [0.25, 0.3) is 11.8 Å². The van der Waals surface area contributed by atoms with Crippen LogP contribution in [0.2, 0.25) is 0 Å². The molecule has 0 spiro atoms. The maximum atomic E-state index is 13.4. The Labute approximate surface area is 261 Å². The number of hydrogen-bond donors (Lipinski definition) is 3. The van der Waals surface area contributed by atoms with Gasteiger partial charge in [-0.1, -0.05) is 91.0 Å². The molecule has 5 aromatic carbocycles. The first-order chi connectivity index (χ1) is 21.4. The van der Waals surface area contributed by atoms with Gasteiger partial charge in [0.2, 0.25) is 5.91 Å². The van der Waals surface area contributed by atoms with Crippen LogP contribution in [0.3, 0.4) is 0 Å². The van der Waals surface area contributed by atoms with Crippen molar-refractivity contribution in [2.24, 2.45) is 0 Å². The van der Waals surface area contributed by atoms with E-state index in [1.54, 1.807) is 42.5 Å². The molecule has 5 rings (SSSR count). The minimum Gasteiger partial charge on any atom is -0.325 e. The molecule has 44 heavy (non-hydrogen) atoms. The monoisotopic (exact) mass is 597 g/mol. The van der Waals surface area contributed by atoms with E-state index in [-0.39, 0.29) is 17.5 Å². The van der Waals surface area contributed by atoms with Crippen LogP contribution in [0.5, 0.6) is 0 Å². The lowest BCUT2D eigenvalue weighted by atomic mass is 10.1. The highest BCUT2D eigenvalue weighted by molar-refractivity contribution is 8.00. The van der Waals surface area contributed by atoms with E-state index in [0.29, 0.717) is 11.3 Å². The van der Waals surface area contributed by atoms with Crippen LogP contribution < -0.4 is 16.0 Å². The van der Waals surface area contributed by atoms with Crippen molar-refractivity contribution in [3.63, 3.8) is 0 Å². The van der Waals surface area contributed by atoms with Crippen LogP contribution in [0.15, 0.2) is 150 Å². The van der Waals surface area contributed by atoms with Gasteiger partial charge in [0, 0.05) is 21.8 Å². The van der Waals surface area contributed by atoms with E-state index in [1.165, 1.54) is 11.8 Å². The Morgan fingerprint density at radius 3 is 1.95 bits per heavy atom. The standard InChI is InChI=1S/C37H31N3O3S/c1-26-12-11-19-31(24-26)39-37(43)34(28-15-7-3-8-16-28)44-32-22-20-30(21-23-32)38-36(42)33(25-27-13-5-2-6-14-27)40-35(41)29-17-9-4-10-18-29/h2-25,34H,1H3,(H,38,42)(H,39,43)(H,40,41)/b33-25-. The Morgan fingerprint density at radius 2 is 1.30 bits per heavy atom. The molecule has 7 heteroatoms. The van der Waals surface area contributed by atoms with Crippen molar-refractivity contribution < 1.29 is 14.4 Å². The second-order valence-electron chi connectivity index (χ2n) is 10.0. The van der Waals surface area contributed by atoms with Crippen molar-refractivity contribution in [2.45, 2.75) is 17.1 Å². The molecule has 0 saturated heterocycles. The number of anilines is 2. The van der Waals surface area contributed by atoms with E-state index >= 15 is 0 Å². The van der Waals surface area contributed by atoms with E-state index in [1.807, 2.05) is 110 Å². The van der Waals surface area contributed by atoms with Crippen molar-refractivity contribution in [3.05, 3.63) is 167 Å². The van der Waals surface area contributed by atoms with E-state index < -0.39 is 11.2 Å². The summed E-state index contributed by atoms with van der Waals surface area (Å²) in [4.78, 5) is 40.5. The van der Waals surface area contributed by atoms with Gasteiger partial charge in [-0.25, -0.2) is 0 Å². The third-order valence-corrected chi connectivity index (χ3v) is 7.90. The Kier molecular flexibility index (Phi) is 10.0. The average Bonchev–Trinajstić information content (AvgIpc) is 3.05. The third-order valence-electron chi connectivity index (χ3n) is 6.63. The maximum Gasteiger partial charge on any atom is 0.272 e. The van der Waals surface area contributed by atoms with Crippen LogP contribution in [0.1, 0.15) is 32.3 Å².